The first-order valence-electron chi connectivity index (χ1n) is 6.88. The second-order valence-electron chi connectivity index (χ2n) is 5.10. The van der Waals surface area contributed by atoms with Crippen molar-refractivity contribution in [3.05, 3.63) is 52.8 Å². The molecular weight excluding hydrogens is 250 g/mol. The van der Waals surface area contributed by atoms with Crippen LogP contribution in [0.15, 0.2) is 30.3 Å². The summed E-state index contributed by atoms with van der Waals surface area (Å²) in [5.74, 6) is 0.0563. The summed E-state index contributed by atoms with van der Waals surface area (Å²) in [5, 5.41) is 7.31. The van der Waals surface area contributed by atoms with Crippen molar-refractivity contribution in [1.82, 2.24) is 15.1 Å². The largest absolute Gasteiger partial charge is 0.354 e. The minimum Gasteiger partial charge on any atom is -0.354 e. The van der Waals surface area contributed by atoms with Gasteiger partial charge in [-0.3, -0.25) is 9.48 Å². The minimum absolute atomic E-state index is 0.0563. The van der Waals surface area contributed by atoms with Gasteiger partial charge in [-0.1, -0.05) is 24.3 Å². The van der Waals surface area contributed by atoms with Gasteiger partial charge in [0.15, 0.2) is 0 Å². The summed E-state index contributed by atoms with van der Waals surface area (Å²) in [6.07, 6.45) is 0.434. The first-order chi connectivity index (χ1) is 9.56. The van der Waals surface area contributed by atoms with E-state index in [9.17, 15) is 4.79 Å². The summed E-state index contributed by atoms with van der Waals surface area (Å²) in [6.45, 7) is 7.33. The molecule has 0 spiro atoms. The molecular formula is C16H21N3O. The van der Waals surface area contributed by atoms with Crippen LogP contribution in [0.4, 0.5) is 0 Å². The molecule has 4 heteroatoms. The Labute approximate surface area is 119 Å². The maximum atomic E-state index is 11.9. The van der Waals surface area contributed by atoms with Gasteiger partial charge in [0.1, 0.15) is 0 Å². The van der Waals surface area contributed by atoms with E-state index in [0.29, 0.717) is 19.5 Å². The molecule has 1 heterocycles. The third kappa shape index (κ3) is 3.70. The Morgan fingerprint density at radius 3 is 2.65 bits per heavy atom. The number of carbonyl (C=O) groups excluding carboxylic acids is 1. The molecule has 0 aliphatic heterocycles. The molecule has 0 unspecified atom stereocenters. The van der Waals surface area contributed by atoms with E-state index in [0.717, 1.165) is 22.5 Å². The molecule has 0 bridgehead atoms. The van der Waals surface area contributed by atoms with Gasteiger partial charge < -0.3 is 5.32 Å². The zero-order valence-electron chi connectivity index (χ0n) is 12.3. The second kappa shape index (κ2) is 6.37. The fourth-order valence-electron chi connectivity index (χ4n) is 2.25. The van der Waals surface area contributed by atoms with E-state index in [4.69, 9.17) is 0 Å². The number of rotatable bonds is 5. The van der Waals surface area contributed by atoms with Crippen LogP contribution in [0.5, 0.6) is 0 Å². The number of aryl methyl sites for hydroxylation is 3. The molecule has 1 amide bonds. The number of benzene rings is 1. The van der Waals surface area contributed by atoms with Crippen molar-refractivity contribution in [2.45, 2.75) is 33.7 Å². The highest BCUT2D eigenvalue weighted by molar-refractivity contribution is 5.78. The van der Waals surface area contributed by atoms with Crippen LogP contribution >= 0.6 is 0 Å². The van der Waals surface area contributed by atoms with Gasteiger partial charge in [-0.15, -0.1) is 0 Å². The van der Waals surface area contributed by atoms with E-state index < -0.39 is 0 Å². The Balaban J connectivity index is 1.81. The van der Waals surface area contributed by atoms with Gasteiger partial charge in [0.25, 0.3) is 0 Å². The van der Waals surface area contributed by atoms with E-state index in [1.807, 2.05) is 55.8 Å². The van der Waals surface area contributed by atoms with Gasteiger partial charge in [-0.05, 0) is 38.0 Å². The molecule has 0 fully saturated rings. The van der Waals surface area contributed by atoms with Gasteiger partial charge in [-0.2, -0.15) is 5.10 Å². The smallest absolute Gasteiger partial charge is 0.224 e. The highest BCUT2D eigenvalue weighted by atomic mass is 16.1. The summed E-state index contributed by atoms with van der Waals surface area (Å²) < 4.78 is 1.92. The van der Waals surface area contributed by atoms with Crippen molar-refractivity contribution in [3.8, 4) is 0 Å². The zero-order valence-corrected chi connectivity index (χ0v) is 12.3. The van der Waals surface area contributed by atoms with Crippen LogP contribution in [0, 0.1) is 20.8 Å². The van der Waals surface area contributed by atoms with Crippen LogP contribution in [0.1, 0.15) is 22.5 Å². The molecule has 0 atom stereocenters. The van der Waals surface area contributed by atoms with E-state index in [1.165, 1.54) is 0 Å². The van der Waals surface area contributed by atoms with Gasteiger partial charge in [0.05, 0.1) is 18.7 Å². The third-order valence-electron chi connectivity index (χ3n) is 3.36. The molecule has 2 aromatic rings. The van der Waals surface area contributed by atoms with Crippen molar-refractivity contribution in [1.29, 1.82) is 0 Å². The zero-order chi connectivity index (χ0) is 14.5. The first-order valence-corrected chi connectivity index (χ1v) is 6.88. The van der Waals surface area contributed by atoms with Crippen LogP contribution in [0.3, 0.4) is 0 Å². The Morgan fingerprint density at radius 2 is 2.00 bits per heavy atom. The molecule has 0 aliphatic rings. The van der Waals surface area contributed by atoms with Crippen molar-refractivity contribution in [2.24, 2.45) is 0 Å². The molecule has 20 heavy (non-hydrogen) atoms. The van der Waals surface area contributed by atoms with Crippen molar-refractivity contribution >= 4 is 5.91 Å². The first kappa shape index (κ1) is 14.3. The normalized spacial score (nSPS) is 10.6. The van der Waals surface area contributed by atoms with Crippen LogP contribution in [-0.4, -0.2) is 22.2 Å². The SMILES string of the molecule is Cc1cc(C)n(CCNC(=O)Cc2ccccc2C)n1. The number of nitrogens with one attached hydrogen (secondary N) is 1. The number of carbonyl (C=O) groups is 1. The van der Waals surface area contributed by atoms with Crippen LogP contribution in [-0.2, 0) is 17.8 Å². The highest BCUT2D eigenvalue weighted by Crippen LogP contribution is 2.07. The number of amides is 1. The minimum atomic E-state index is 0.0563. The predicted molar refractivity (Wildman–Crippen MR) is 79.6 cm³/mol. The Morgan fingerprint density at radius 1 is 1.25 bits per heavy atom. The maximum Gasteiger partial charge on any atom is 0.224 e. The maximum absolute atomic E-state index is 11.9. The lowest BCUT2D eigenvalue weighted by atomic mass is 10.1. The van der Waals surface area contributed by atoms with Gasteiger partial charge in [-0.25, -0.2) is 0 Å². The topological polar surface area (TPSA) is 46.9 Å². The van der Waals surface area contributed by atoms with Gasteiger partial charge >= 0.3 is 0 Å². The van der Waals surface area contributed by atoms with Crippen LogP contribution in [0.2, 0.25) is 0 Å². The number of hydrogen-bond donors (Lipinski definition) is 1. The van der Waals surface area contributed by atoms with E-state index in [-0.39, 0.29) is 5.91 Å². The molecule has 1 aromatic carbocycles. The lowest BCUT2D eigenvalue weighted by molar-refractivity contribution is -0.120. The standard InChI is InChI=1S/C16H21N3O/c1-12-6-4-5-7-15(12)11-16(20)17-8-9-19-14(3)10-13(2)18-19/h4-7,10H,8-9,11H2,1-3H3,(H,17,20). The van der Waals surface area contributed by atoms with Crippen molar-refractivity contribution in [3.63, 3.8) is 0 Å². The molecule has 1 N–H and O–H groups in total. The molecule has 106 valence electrons. The quantitative estimate of drug-likeness (QED) is 0.906. The fourth-order valence-corrected chi connectivity index (χ4v) is 2.25. The van der Waals surface area contributed by atoms with E-state index in [2.05, 4.69) is 10.4 Å². The molecule has 2 rings (SSSR count). The van der Waals surface area contributed by atoms with Crippen molar-refractivity contribution < 1.29 is 4.79 Å². The summed E-state index contributed by atoms with van der Waals surface area (Å²) in [6, 6.07) is 10.0. The van der Waals surface area contributed by atoms with Gasteiger partial charge in [0.2, 0.25) is 5.91 Å². The average molecular weight is 271 g/mol. The van der Waals surface area contributed by atoms with Crippen LogP contribution in [0.25, 0.3) is 0 Å². The Bertz CT molecular complexity index is 602. The van der Waals surface area contributed by atoms with E-state index in [1.54, 1.807) is 0 Å². The second-order valence-corrected chi connectivity index (χ2v) is 5.10. The van der Waals surface area contributed by atoms with Crippen LogP contribution < -0.4 is 5.32 Å². The third-order valence-corrected chi connectivity index (χ3v) is 3.36. The Kier molecular flexibility index (Phi) is 4.56. The molecule has 4 nitrogen and oxygen atoms in total. The Hall–Kier alpha value is -2.10. The summed E-state index contributed by atoms with van der Waals surface area (Å²) in [5.41, 5.74) is 4.36. The van der Waals surface area contributed by atoms with Crippen molar-refractivity contribution in [2.75, 3.05) is 6.54 Å². The number of aromatic nitrogens is 2. The molecule has 0 aliphatic carbocycles. The predicted octanol–water partition coefficient (Wildman–Crippen LogP) is 2.17. The summed E-state index contributed by atoms with van der Waals surface area (Å²) in [4.78, 5) is 11.9. The lowest BCUT2D eigenvalue weighted by Crippen LogP contribution is -2.29. The highest BCUT2D eigenvalue weighted by Gasteiger charge is 2.06. The summed E-state index contributed by atoms with van der Waals surface area (Å²) >= 11 is 0. The lowest BCUT2D eigenvalue weighted by Gasteiger charge is -2.08. The molecule has 1 aromatic heterocycles. The molecule has 0 radical (unpaired) electrons. The van der Waals surface area contributed by atoms with Gasteiger partial charge in [0, 0.05) is 12.2 Å². The average Bonchev–Trinajstić information content (AvgIpc) is 2.71. The summed E-state index contributed by atoms with van der Waals surface area (Å²) in [7, 11) is 0. The number of hydrogen-bond acceptors (Lipinski definition) is 2. The molecule has 0 saturated carbocycles. The fraction of sp³-hybridized carbons (Fsp3) is 0.375. The number of nitrogens with zero attached hydrogens (tertiary/aromatic N) is 2. The monoisotopic (exact) mass is 271 g/mol. The molecule has 0 saturated heterocycles. The van der Waals surface area contributed by atoms with E-state index >= 15 is 0 Å².